The Balaban J connectivity index is 2.36. The normalized spacial score (nSPS) is 10.4. The maximum atomic E-state index is 8.50. The zero-order chi connectivity index (χ0) is 11.8. The summed E-state index contributed by atoms with van der Waals surface area (Å²) in [5.74, 6) is 0.685. The van der Waals surface area contributed by atoms with Crippen molar-refractivity contribution in [2.75, 3.05) is 32.2 Å². The van der Waals surface area contributed by atoms with E-state index in [0.29, 0.717) is 31.3 Å². The molecule has 0 heterocycles. The molecule has 0 saturated heterocycles. The van der Waals surface area contributed by atoms with Crippen molar-refractivity contribution in [2.45, 2.75) is 13.3 Å². The Bertz CT molecular complexity index is 315. The van der Waals surface area contributed by atoms with E-state index >= 15 is 0 Å². The van der Waals surface area contributed by atoms with Crippen molar-refractivity contribution >= 4 is 5.69 Å². The molecular formula is C12H19NO3. The number of ether oxygens (including phenoxy) is 2. The van der Waals surface area contributed by atoms with Crippen LogP contribution in [0.25, 0.3) is 0 Å². The first-order valence-corrected chi connectivity index (χ1v) is 5.47. The third-order valence-electron chi connectivity index (χ3n) is 2.20. The van der Waals surface area contributed by atoms with Crippen LogP contribution < -0.4 is 10.5 Å². The van der Waals surface area contributed by atoms with Crippen LogP contribution in [0.2, 0.25) is 0 Å². The summed E-state index contributed by atoms with van der Waals surface area (Å²) >= 11 is 0. The van der Waals surface area contributed by atoms with Crippen LogP contribution in [0.5, 0.6) is 5.75 Å². The van der Waals surface area contributed by atoms with Gasteiger partial charge in [0.2, 0.25) is 0 Å². The van der Waals surface area contributed by atoms with Gasteiger partial charge in [-0.1, -0.05) is 13.0 Å². The van der Waals surface area contributed by atoms with Gasteiger partial charge in [-0.15, -0.1) is 0 Å². The summed E-state index contributed by atoms with van der Waals surface area (Å²) in [6, 6.07) is 5.80. The van der Waals surface area contributed by atoms with Crippen LogP contribution in [-0.2, 0) is 11.2 Å². The second-order valence-electron chi connectivity index (χ2n) is 3.41. The average Bonchev–Trinajstić information content (AvgIpc) is 2.30. The quantitative estimate of drug-likeness (QED) is 0.541. The van der Waals surface area contributed by atoms with Crippen LogP contribution in [0.1, 0.15) is 12.5 Å². The predicted octanol–water partition coefficient (Wildman–Crippen LogP) is 1.22. The standard InChI is InChI=1S/C12H19NO3/c1-2-10-3-4-12(11(13)9-10)16-8-7-15-6-5-14/h3-4,9,14H,2,5-8,13H2,1H3. The molecular weight excluding hydrogens is 206 g/mol. The predicted molar refractivity (Wildman–Crippen MR) is 63.6 cm³/mol. The SMILES string of the molecule is CCc1ccc(OCCOCCO)c(N)c1. The van der Waals surface area contributed by atoms with Crippen molar-refractivity contribution in [3.8, 4) is 5.75 Å². The first-order valence-electron chi connectivity index (χ1n) is 5.47. The lowest BCUT2D eigenvalue weighted by Crippen LogP contribution is -2.10. The van der Waals surface area contributed by atoms with Crippen molar-refractivity contribution in [2.24, 2.45) is 0 Å². The Kier molecular flexibility index (Phi) is 5.67. The largest absolute Gasteiger partial charge is 0.489 e. The van der Waals surface area contributed by atoms with Crippen LogP contribution >= 0.6 is 0 Å². The number of nitrogens with two attached hydrogens (primary N) is 1. The van der Waals surface area contributed by atoms with Gasteiger partial charge >= 0.3 is 0 Å². The van der Waals surface area contributed by atoms with E-state index < -0.39 is 0 Å². The van der Waals surface area contributed by atoms with E-state index in [2.05, 4.69) is 6.92 Å². The van der Waals surface area contributed by atoms with Crippen molar-refractivity contribution in [3.63, 3.8) is 0 Å². The number of aliphatic hydroxyl groups excluding tert-OH is 1. The number of benzene rings is 1. The molecule has 16 heavy (non-hydrogen) atoms. The summed E-state index contributed by atoms with van der Waals surface area (Å²) in [7, 11) is 0. The molecule has 0 radical (unpaired) electrons. The molecule has 0 spiro atoms. The van der Waals surface area contributed by atoms with Crippen LogP contribution in [-0.4, -0.2) is 31.5 Å². The molecule has 0 amide bonds. The number of hydrogen-bond donors (Lipinski definition) is 2. The molecule has 3 N–H and O–H groups in total. The van der Waals surface area contributed by atoms with Crippen LogP contribution in [0.3, 0.4) is 0 Å². The van der Waals surface area contributed by atoms with E-state index in [4.69, 9.17) is 20.3 Å². The molecule has 4 heteroatoms. The highest BCUT2D eigenvalue weighted by Crippen LogP contribution is 2.22. The summed E-state index contributed by atoms with van der Waals surface area (Å²) in [5, 5.41) is 8.50. The number of anilines is 1. The molecule has 0 atom stereocenters. The van der Waals surface area contributed by atoms with Gasteiger partial charge in [0.1, 0.15) is 12.4 Å². The maximum Gasteiger partial charge on any atom is 0.142 e. The Morgan fingerprint density at radius 1 is 1.25 bits per heavy atom. The maximum absolute atomic E-state index is 8.50. The Labute approximate surface area is 96.0 Å². The van der Waals surface area contributed by atoms with Crippen molar-refractivity contribution in [1.82, 2.24) is 0 Å². The number of nitrogen functional groups attached to an aromatic ring is 1. The van der Waals surface area contributed by atoms with Gasteiger partial charge in [0.05, 0.1) is 25.5 Å². The molecule has 0 aliphatic carbocycles. The fourth-order valence-corrected chi connectivity index (χ4v) is 1.33. The number of hydrogen-bond acceptors (Lipinski definition) is 4. The molecule has 0 aliphatic heterocycles. The highest BCUT2D eigenvalue weighted by Gasteiger charge is 2.00. The number of aliphatic hydroxyl groups is 1. The molecule has 0 unspecified atom stereocenters. The van der Waals surface area contributed by atoms with E-state index in [0.717, 1.165) is 6.42 Å². The second-order valence-corrected chi connectivity index (χ2v) is 3.41. The first-order chi connectivity index (χ1) is 7.77. The van der Waals surface area contributed by atoms with Crippen molar-refractivity contribution in [3.05, 3.63) is 23.8 Å². The minimum atomic E-state index is 0.0351. The lowest BCUT2D eigenvalue weighted by molar-refractivity contribution is 0.0707. The third-order valence-corrected chi connectivity index (χ3v) is 2.20. The number of rotatable bonds is 7. The van der Waals surface area contributed by atoms with Crippen LogP contribution in [0.4, 0.5) is 5.69 Å². The molecule has 1 aromatic carbocycles. The third kappa shape index (κ3) is 4.08. The van der Waals surface area contributed by atoms with Gasteiger partial charge in [-0.05, 0) is 24.1 Å². The summed E-state index contributed by atoms with van der Waals surface area (Å²) in [5.41, 5.74) is 7.68. The monoisotopic (exact) mass is 225 g/mol. The zero-order valence-electron chi connectivity index (χ0n) is 9.61. The Morgan fingerprint density at radius 2 is 2.06 bits per heavy atom. The fourth-order valence-electron chi connectivity index (χ4n) is 1.33. The van der Waals surface area contributed by atoms with E-state index in [1.165, 1.54) is 5.56 Å². The molecule has 4 nitrogen and oxygen atoms in total. The molecule has 0 aliphatic rings. The lowest BCUT2D eigenvalue weighted by Gasteiger charge is -2.10. The Morgan fingerprint density at radius 3 is 2.69 bits per heavy atom. The van der Waals surface area contributed by atoms with Gasteiger partial charge in [0, 0.05) is 0 Å². The van der Waals surface area contributed by atoms with E-state index in [9.17, 15) is 0 Å². The molecule has 0 fully saturated rings. The van der Waals surface area contributed by atoms with Gasteiger partial charge in [-0.2, -0.15) is 0 Å². The summed E-state index contributed by atoms with van der Waals surface area (Å²) in [6.45, 7) is 3.35. The van der Waals surface area contributed by atoms with Crippen molar-refractivity contribution < 1.29 is 14.6 Å². The van der Waals surface area contributed by atoms with Gasteiger partial charge in [-0.25, -0.2) is 0 Å². The van der Waals surface area contributed by atoms with Gasteiger partial charge in [-0.3, -0.25) is 0 Å². The van der Waals surface area contributed by atoms with Crippen LogP contribution in [0.15, 0.2) is 18.2 Å². The topological polar surface area (TPSA) is 64.7 Å². The zero-order valence-corrected chi connectivity index (χ0v) is 9.61. The van der Waals surface area contributed by atoms with Gasteiger partial charge in [0.25, 0.3) is 0 Å². The lowest BCUT2D eigenvalue weighted by atomic mass is 10.1. The molecule has 0 aromatic heterocycles. The highest BCUT2D eigenvalue weighted by atomic mass is 16.5. The van der Waals surface area contributed by atoms with E-state index in [1.807, 2.05) is 18.2 Å². The smallest absolute Gasteiger partial charge is 0.142 e. The second kappa shape index (κ2) is 7.09. The molecule has 1 rings (SSSR count). The first kappa shape index (κ1) is 12.8. The minimum Gasteiger partial charge on any atom is -0.489 e. The molecule has 1 aromatic rings. The number of aryl methyl sites for hydroxylation is 1. The van der Waals surface area contributed by atoms with Crippen LogP contribution in [0, 0.1) is 0 Å². The van der Waals surface area contributed by atoms with E-state index in [-0.39, 0.29) is 6.61 Å². The average molecular weight is 225 g/mol. The van der Waals surface area contributed by atoms with Crippen molar-refractivity contribution in [1.29, 1.82) is 0 Å². The van der Waals surface area contributed by atoms with Gasteiger partial charge in [0.15, 0.2) is 0 Å². The minimum absolute atomic E-state index is 0.0351. The molecule has 0 saturated carbocycles. The highest BCUT2D eigenvalue weighted by molar-refractivity contribution is 5.54. The summed E-state index contributed by atoms with van der Waals surface area (Å²) < 4.78 is 10.5. The van der Waals surface area contributed by atoms with Gasteiger partial charge < -0.3 is 20.3 Å². The fraction of sp³-hybridized carbons (Fsp3) is 0.500. The summed E-state index contributed by atoms with van der Waals surface area (Å²) in [6.07, 6.45) is 0.962. The molecule has 0 bridgehead atoms. The summed E-state index contributed by atoms with van der Waals surface area (Å²) in [4.78, 5) is 0. The Hall–Kier alpha value is -1.26. The molecule has 90 valence electrons. The van der Waals surface area contributed by atoms with E-state index in [1.54, 1.807) is 0 Å².